The van der Waals surface area contributed by atoms with Crippen molar-refractivity contribution in [3.63, 3.8) is 0 Å². The minimum absolute atomic E-state index is 0.125. The molecule has 112 valence electrons. The average Bonchev–Trinajstić information content (AvgIpc) is 3.17. The molecule has 0 unspecified atom stereocenters. The lowest BCUT2D eigenvalue weighted by atomic mass is 10.2. The van der Waals surface area contributed by atoms with Crippen molar-refractivity contribution in [3.8, 4) is 11.3 Å². The Morgan fingerprint density at radius 3 is 2.90 bits per heavy atom. The SMILES string of the molecule is Cc1nc(-c2c(N)nsc2NCC(=O)N2CCCC2)cs1. The Kier molecular flexibility index (Phi) is 4.07. The number of hydrogen-bond donors (Lipinski definition) is 2. The summed E-state index contributed by atoms with van der Waals surface area (Å²) in [4.78, 5) is 18.4. The first kappa shape index (κ1) is 14.3. The molecule has 3 N–H and O–H groups in total. The number of likely N-dealkylation sites (tertiary alicyclic amines) is 1. The van der Waals surface area contributed by atoms with Crippen LogP contribution in [-0.4, -0.2) is 39.8 Å². The van der Waals surface area contributed by atoms with E-state index in [1.807, 2.05) is 17.2 Å². The van der Waals surface area contributed by atoms with Gasteiger partial charge in [-0.15, -0.1) is 11.3 Å². The predicted molar refractivity (Wildman–Crippen MR) is 86.7 cm³/mol. The molecule has 0 saturated carbocycles. The molecule has 2 aromatic rings. The summed E-state index contributed by atoms with van der Waals surface area (Å²) in [6.07, 6.45) is 2.20. The van der Waals surface area contributed by atoms with Gasteiger partial charge in [0.2, 0.25) is 5.91 Å². The quantitative estimate of drug-likeness (QED) is 0.901. The smallest absolute Gasteiger partial charge is 0.241 e. The first-order valence-electron chi connectivity index (χ1n) is 6.84. The monoisotopic (exact) mass is 323 g/mol. The fraction of sp³-hybridized carbons (Fsp3) is 0.462. The minimum atomic E-state index is 0.125. The van der Waals surface area contributed by atoms with Crippen LogP contribution in [0.25, 0.3) is 11.3 Å². The van der Waals surface area contributed by atoms with Crippen LogP contribution in [0, 0.1) is 6.92 Å². The van der Waals surface area contributed by atoms with E-state index in [1.54, 1.807) is 11.3 Å². The maximum atomic E-state index is 12.1. The van der Waals surface area contributed by atoms with Crippen LogP contribution >= 0.6 is 22.9 Å². The molecule has 1 aliphatic rings. The molecule has 1 saturated heterocycles. The number of carbonyl (C=O) groups excluding carboxylic acids is 1. The molecule has 21 heavy (non-hydrogen) atoms. The first-order valence-corrected chi connectivity index (χ1v) is 8.50. The topological polar surface area (TPSA) is 84.1 Å². The van der Waals surface area contributed by atoms with Crippen LogP contribution < -0.4 is 11.1 Å². The summed E-state index contributed by atoms with van der Waals surface area (Å²) in [6, 6.07) is 0. The number of nitrogens with zero attached hydrogens (tertiary/aromatic N) is 3. The first-order chi connectivity index (χ1) is 10.1. The van der Waals surface area contributed by atoms with Gasteiger partial charge in [-0.05, 0) is 31.3 Å². The Balaban J connectivity index is 1.72. The molecule has 1 fully saturated rings. The van der Waals surface area contributed by atoms with E-state index in [9.17, 15) is 4.79 Å². The third-order valence-corrected chi connectivity index (χ3v) is 5.05. The van der Waals surface area contributed by atoms with Gasteiger partial charge in [-0.25, -0.2) is 4.98 Å². The lowest BCUT2D eigenvalue weighted by molar-refractivity contribution is -0.128. The van der Waals surface area contributed by atoms with Crippen LogP contribution in [0.3, 0.4) is 0 Å². The number of aryl methyl sites for hydroxylation is 1. The highest BCUT2D eigenvalue weighted by molar-refractivity contribution is 7.11. The molecule has 3 heterocycles. The van der Waals surface area contributed by atoms with Crippen molar-refractivity contribution in [2.45, 2.75) is 19.8 Å². The second kappa shape index (κ2) is 5.98. The van der Waals surface area contributed by atoms with E-state index >= 15 is 0 Å². The highest BCUT2D eigenvalue weighted by Gasteiger charge is 2.20. The Morgan fingerprint density at radius 1 is 1.48 bits per heavy atom. The number of nitrogen functional groups attached to an aromatic ring is 1. The summed E-state index contributed by atoms with van der Waals surface area (Å²) < 4.78 is 4.17. The van der Waals surface area contributed by atoms with Crippen LogP contribution in [-0.2, 0) is 4.79 Å². The molecule has 1 aliphatic heterocycles. The molecule has 0 aliphatic carbocycles. The zero-order valence-electron chi connectivity index (χ0n) is 11.8. The van der Waals surface area contributed by atoms with Crippen molar-refractivity contribution in [2.75, 3.05) is 30.7 Å². The summed E-state index contributed by atoms with van der Waals surface area (Å²) >= 11 is 2.84. The number of aromatic nitrogens is 2. The lowest BCUT2D eigenvalue weighted by Gasteiger charge is -2.15. The summed E-state index contributed by atoms with van der Waals surface area (Å²) in [7, 11) is 0. The molecule has 0 spiro atoms. The zero-order chi connectivity index (χ0) is 14.8. The molecule has 8 heteroatoms. The fourth-order valence-corrected chi connectivity index (χ4v) is 3.70. The number of amides is 1. The summed E-state index contributed by atoms with van der Waals surface area (Å²) in [5, 5.41) is 6.92. The van der Waals surface area contributed by atoms with Gasteiger partial charge in [0.05, 0.1) is 22.8 Å². The van der Waals surface area contributed by atoms with E-state index < -0.39 is 0 Å². The molecule has 0 aromatic carbocycles. The maximum absolute atomic E-state index is 12.1. The third-order valence-electron chi connectivity index (χ3n) is 3.45. The van der Waals surface area contributed by atoms with Gasteiger partial charge in [0.15, 0.2) is 0 Å². The Hall–Kier alpha value is -1.67. The standard InChI is InChI=1S/C13H17N5OS2/c1-8-16-9(7-20-8)11-12(14)17-21-13(11)15-6-10(19)18-4-2-3-5-18/h7,15H,2-6H2,1H3,(H2,14,17). The van der Waals surface area contributed by atoms with Crippen LogP contribution in [0.15, 0.2) is 5.38 Å². The lowest BCUT2D eigenvalue weighted by Crippen LogP contribution is -2.32. The molecular weight excluding hydrogens is 306 g/mol. The van der Waals surface area contributed by atoms with Gasteiger partial charge in [0.25, 0.3) is 0 Å². The van der Waals surface area contributed by atoms with Gasteiger partial charge >= 0.3 is 0 Å². The second-order valence-electron chi connectivity index (χ2n) is 4.97. The minimum Gasteiger partial charge on any atom is -0.382 e. The fourth-order valence-electron chi connectivity index (χ4n) is 2.38. The van der Waals surface area contributed by atoms with Crippen LogP contribution in [0.1, 0.15) is 17.8 Å². The largest absolute Gasteiger partial charge is 0.382 e. The highest BCUT2D eigenvalue weighted by Crippen LogP contribution is 2.36. The Bertz CT molecular complexity index is 645. The van der Waals surface area contributed by atoms with Crippen LogP contribution in [0.2, 0.25) is 0 Å². The van der Waals surface area contributed by atoms with E-state index in [0.29, 0.717) is 5.82 Å². The van der Waals surface area contributed by atoms with Crippen LogP contribution in [0.5, 0.6) is 0 Å². The van der Waals surface area contributed by atoms with Crippen molar-refractivity contribution in [3.05, 3.63) is 10.4 Å². The summed E-state index contributed by atoms with van der Waals surface area (Å²) in [5.74, 6) is 0.585. The number of rotatable bonds is 4. The molecule has 2 aromatic heterocycles. The van der Waals surface area contributed by atoms with Gasteiger partial charge in [0.1, 0.15) is 10.8 Å². The van der Waals surface area contributed by atoms with E-state index in [0.717, 1.165) is 47.2 Å². The van der Waals surface area contributed by atoms with Gasteiger partial charge in [-0.3, -0.25) is 4.79 Å². The van der Waals surface area contributed by atoms with E-state index in [1.165, 1.54) is 11.5 Å². The number of carbonyl (C=O) groups is 1. The molecule has 3 rings (SSSR count). The van der Waals surface area contributed by atoms with Crippen molar-refractivity contribution in [2.24, 2.45) is 0 Å². The Labute approximate surface area is 131 Å². The number of hydrogen-bond acceptors (Lipinski definition) is 7. The van der Waals surface area contributed by atoms with E-state index in [-0.39, 0.29) is 12.5 Å². The van der Waals surface area contributed by atoms with Crippen molar-refractivity contribution in [1.29, 1.82) is 0 Å². The predicted octanol–water partition coefficient (Wildman–Crippen LogP) is 2.19. The van der Waals surface area contributed by atoms with Crippen molar-refractivity contribution in [1.82, 2.24) is 14.3 Å². The number of anilines is 2. The zero-order valence-corrected chi connectivity index (χ0v) is 13.4. The molecule has 1 amide bonds. The second-order valence-corrected chi connectivity index (χ2v) is 6.80. The van der Waals surface area contributed by atoms with Gasteiger partial charge < -0.3 is 16.0 Å². The number of thiazole rings is 1. The molecule has 6 nitrogen and oxygen atoms in total. The molecule has 0 bridgehead atoms. The van der Waals surface area contributed by atoms with Gasteiger partial charge in [0, 0.05) is 18.5 Å². The van der Waals surface area contributed by atoms with E-state index in [2.05, 4.69) is 14.7 Å². The molecular formula is C13H17N5OS2. The number of nitrogens with one attached hydrogen (secondary N) is 1. The molecule has 0 atom stereocenters. The molecule has 0 radical (unpaired) electrons. The summed E-state index contributed by atoms with van der Waals surface area (Å²) in [6.45, 7) is 3.96. The normalized spacial score (nSPS) is 14.6. The van der Waals surface area contributed by atoms with E-state index in [4.69, 9.17) is 5.73 Å². The van der Waals surface area contributed by atoms with Gasteiger partial charge in [-0.1, -0.05) is 0 Å². The third kappa shape index (κ3) is 3.01. The van der Waals surface area contributed by atoms with Gasteiger partial charge in [-0.2, -0.15) is 4.37 Å². The van der Waals surface area contributed by atoms with Crippen molar-refractivity contribution < 1.29 is 4.79 Å². The Morgan fingerprint density at radius 2 is 2.24 bits per heavy atom. The maximum Gasteiger partial charge on any atom is 0.241 e. The van der Waals surface area contributed by atoms with Crippen LogP contribution in [0.4, 0.5) is 10.8 Å². The summed E-state index contributed by atoms with van der Waals surface area (Å²) in [5.41, 5.74) is 7.56. The highest BCUT2D eigenvalue weighted by atomic mass is 32.1. The average molecular weight is 323 g/mol. The van der Waals surface area contributed by atoms with Crippen molar-refractivity contribution >= 4 is 39.6 Å². The number of nitrogens with two attached hydrogens (primary N) is 1.